The summed E-state index contributed by atoms with van der Waals surface area (Å²) in [5, 5.41) is 38.4. The maximum atomic E-state index is 9.96. The van der Waals surface area contributed by atoms with Gasteiger partial charge in [-0.2, -0.15) is 0 Å². The molecule has 0 aromatic carbocycles. The molecule has 1 rings (SSSR count). The molecule has 1 saturated heterocycles. The van der Waals surface area contributed by atoms with Gasteiger partial charge < -0.3 is 29.9 Å². The zero-order valence-corrected chi connectivity index (χ0v) is 13.6. The molecule has 0 spiro atoms. The third-order valence-corrected chi connectivity index (χ3v) is 4.15. The minimum Gasteiger partial charge on any atom is -0.394 e. The highest BCUT2D eigenvalue weighted by molar-refractivity contribution is 4.89. The summed E-state index contributed by atoms with van der Waals surface area (Å²) in [6, 6.07) is 0. The van der Waals surface area contributed by atoms with Gasteiger partial charge in [0.25, 0.3) is 0 Å². The van der Waals surface area contributed by atoms with E-state index < -0.39 is 37.3 Å². The van der Waals surface area contributed by atoms with Gasteiger partial charge in [0.05, 0.1) is 6.61 Å². The summed E-state index contributed by atoms with van der Waals surface area (Å²) in [7, 11) is 0. The van der Waals surface area contributed by atoms with Gasteiger partial charge in [-0.3, -0.25) is 0 Å². The normalized spacial score (nSPS) is 32.3. The first kappa shape index (κ1) is 19.8. The first-order valence-electron chi connectivity index (χ1n) is 8.54. The molecule has 0 unspecified atom stereocenters. The van der Waals surface area contributed by atoms with E-state index in [4.69, 9.17) is 14.6 Å². The Hall–Kier alpha value is -0.240. The molecular formula is C16H32O6. The lowest BCUT2D eigenvalue weighted by molar-refractivity contribution is -0.294. The molecule has 4 N–H and O–H groups in total. The van der Waals surface area contributed by atoms with Gasteiger partial charge in [0.15, 0.2) is 6.29 Å². The van der Waals surface area contributed by atoms with E-state index in [9.17, 15) is 15.3 Å². The van der Waals surface area contributed by atoms with Crippen molar-refractivity contribution in [2.45, 2.75) is 89.0 Å². The van der Waals surface area contributed by atoms with Gasteiger partial charge >= 0.3 is 0 Å². The molecule has 0 aromatic rings. The molecule has 0 amide bonds. The molecule has 132 valence electrons. The second-order valence-corrected chi connectivity index (χ2v) is 6.04. The molecule has 6 nitrogen and oxygen atoms in total. The first-order chi connectivity index (χ1) is 10.6. The van der Waals surface area contributed by atoms with E-state index in [-0.39, 0.29) is 0 Å². The Kier molecular flexibility index (Phi) is 10.2. The van der Waals surface area contributed by atoms with Gasteiger partial charge in [-0.05, 0) is 6.42 Å². The van der Waals surface area contributed by atoms with E-state index in [1.807, 2.05) is 0 Å². The quantitative estimate of drug-likeness (QED) is 0.423. The van der Waals surface area contributed by atoms with Crippen LogP contribution in [0.1, 0.15) is 58.3 Å². The summed E-state index contributed by atoms with van der Waals surface area (Å²) in [5.74, 6) is 0. The van der Waals surface area contributed by atoms with Crippen LogP contribution in [0.25, 0.3) is 0 Å². The van der Waals surface area contributed by atoms with Crippen molar-refractivity contribution in [1.82, 2.24) is 0 Å². The lowest BCUT2D eigenvalue weighted by atomic mass is 9.99. The average Bonchev–Trinajstić information content (AvgIpc) is 2.52. The van der Waals surface area contributed by atoms with Crippen molar-refractivity contribution in [3.63, 3.8) is 0 Å². The molecule has 0 radical (unpaired) electrons. The van der Waals surface area contributed by atoms with E-state index >= 15 is 0 Å². The van der Waals surface area contributed by atoms with Crippen LogP contribution in [0.15, 0.2) is 0 Å². The molecule has 0 bridgehead atoms. The van der Waals surface area contributed by atoms with Crippen LogP contribution in [-0.4, -0.2) is 64.3 Å². The van der Waals surface area contributed by atoms with Crippen molar-refractivity contribution in [3.8, 4) is 0 Å². The van der Waals surface area contributed by atoms with Crippen LogP contribution in [0.5, 0.6) is 0 Å². The Balaban J connectivity index is 2.14. The molecule has 0 aliphatic carbocycles. The van der Waals surface area contributed by atoms with E-state index in [0.29, 0.717) is 6.61 Å². The largest absolute Gasteiger partial charge is 0.394 e. The average molecular weight is 320 g/mol. The Labute approximate surface area is 133 Å². The second kappa shape index (κ2) is 11.3. The lowest BCUT2D eigenvalue weighted by Crippen LogP contribution is -2.59. The SMILES string of the molecule is CCCCCCCCCCO[C@@H]1[C@@H](O)[C@@H](O)O[C@H](CO)[C@H]1O. The van der Waals surface area contributed by atoms with Gasteiger partial charge in [-0.25, -0.2) is 0 Å². The third-order valence-electron chi connectivity index (χ3n) is 4.15. The maximum absolute atomic E-state index is 9.96. The molecule has 1 aliphatic heterocycles. The van der Waals surface area contributed by atoms with E-state index in [1.165, 1.54) is 32.1 Å². The molecule has 22 heavy (non-hydrogen) atoms. The van der Waals surface area contributed by atoms with Crippen molar-refractivity contribution < 1.29 is 29.9 Å². The standard InChI is InChI=1S/C16H32O6/c1-2-3-4-5-6-7-8-9-10-21-15-13(18)12(11-17)22-16(20)14(15)19/h12-20H,2-11H2,1H3/t12-,13-,14-,15+,16+/m1/s1. The smallest absolute Gasteiger partial charge is 0.184 e. The minimum absolute atomic E-state index is 0.415. The number of aliphatic hydroxyl groups excluding tert-OH is 4. The Morgan fingerprint density at radius 3 is 2.05 bits per heavy atom. The monoisotopic (exact) mass is 320 g/mol. The number of aliphatic hydroxyl groups is 4. The van der Waals surface area contributed by atoms with Gasteiger partial charge in [0, 0.05) is 6.61 Å². The van der Waals surface area contributed by atoms with Crippen LogP contribution in [0, 0.1) is 0 Å². The molecule has 1 aliphatic rings. The molecule has 0 aromatic heterocycles. The molecule has 1 heterocycles. The summed E-state index contributed by atoms with van der Waals surface area (Å²) in [5.41, 5.74) is 0. The highest BCUT2D eigenvalue weighted by Gasteiger charge is 2.44. The Morgan fingerprint density at radius 2 is 1.45 bits per heavy atom. The topological polar surface area (TPSA) is 99.4 Å². The van der Waals surface area contributed by atoms with Crippen LogP contribution in [0.2, 0.25) is 0 Å². The summed E-state index contributed by atoms with van der Waals surface area (Å²) < 4.78 is 10.4. The van der Waals surface area contributed by atoms with Crippen LogP contribution >= 0.6 is 0 Å². The molecule has 6 heteroatoms. The van der Waals surface area contributed by atoms with Crippen molar-refractivity contribution >= 4 is 0 Å². The fraction of sp³-hybridized carbons (Fsp3) is 1.00. The number of ether oxygens (including phenoxy) is 2. The first-order valence-corrected chi connectivity index (χ1v) is 8.54. The maximum Gasteiger partial charge on any atom is 0.184 e. The van der Waals surface area contributed by atoms with Crippen molar-refractivity contribution in [2.75, 3.05) is 13.2 Å². The van der Waals surface area contributed by atoms with Crippen LogP contribution in [-0.2, 0) is 9.47 Å². The number of hydrogen-bond donors (Lipinski definition) is 4. The van der Waals surface area contributed by atoms with Crippen molar-refractivity contribution in [1.29, 1.82) is 0 Å². The Morgan fingerprint density at radius 1 is 0.864 bits per heavy atom. The molecule has 0 saturated carbocycles. The Bertz CT molecular complexity index is 275. The zero-order chi connectivity index (χ0) is 16.4. The highest BCUT2D eigenvalue weighted by atomic mass is 16.6. The van der Waals surface area contributed by atoms with E-state index in [0.717, 1.165) is 19.3 Å². The van der Waals surface area contributed by atoms with Gasteiger partial charge in [0.2, 0.25) is 0 Å². The summed E-state index contributed by atoms with van der Waals surface area (Å²) >= 11 is 0. The van der Waals surface area contributed by atoms with Crippen LogP contribution in [0.4, 0.5) is 0 Å². The summed E-state index contributed by atoms with van der Waals surface area (Å²) in [6.07, 6.45) is 3.69. The van der Waals surface area contributed by atoms with Gasteiger partial charge in [-0.1, -0.05) is 51.9 Å². The summed E-state index contributed by atoms with van der Waals surface area (Å²) in [6.45, 7) is 2.19. The number of hydrogen-bond acceptors (Lipinski definition) is 6. The van der Waals surface area contributed by atoms with Crippen molar-refractivity contribution in [2.24, 2.45) is 0 Å². The second-order valence-electron chi connectivity index (χ2n) is 6.04. The highest BCUT2D eigenvalue weighted by Crippen LogP contribution is 2.22. The number of rotatable bonds is 11. The van der Waals surface area contributed by atoms with Gasteiger partial charge in [-0.15, -0.1) is 0 Å². The predicted molar refractivity (Wildman–Crippen MR) is 82.3 cm³/mol. The van der Waals surface area contributed by atoms with Crippen LogP contribution < -0.4 is 0 Å². The number of unbranched alkanes of at least 4 members (excludes halogenated alkanes) is 7. The van der Waals surface area contributed by atoms with E-state index in [2.05, 4.69) is 6.92 Å². The van der Waals surface area contributed by atoms with E-state index in [1.54, 1.807) is 0 Å². The molecule has 1 fully saturated rings. The third kappa shape index (κ3) is 6.48. The summed E-state index contributed by atoms with van der Waals surface area (Å²) in [4.78, 5) is 0. The molecule has 5 atom stereocenters. The van der Waals surface area contributed by atoms with Gasteiger partial charge in [0.1, 0.15) is 24.4 Å². The fourth-order valence-electron chi connectivity index (χ4n) is 2.72. The molecular weight excluding hydrogens is 288 g/mol. The minimum atomic E-state index is -1.44. The lowest BCUT2D eigenvalue weighted by Gasteiger charge is -2.39. The van der Waals surface area contributed by atoms with Crippen LogP contribution in [0.3, 0.4) is 0 Å². The fourth-order valence-corrected chi connectivity index (χ4v) is 2.72. The predicted octanol–water partition coefficient (Wildman–Crippen LogP) is 0.944. The zero-order valence-electron chi connectivity index (χ0n) is 13.6. The van der Waals surface area contributed by atoms with Crippen molar-refractivity contribution in [3.05, 3.63) is 0 Å².